The molecular formula is C19H29N3O6S. The Morgan fingerprint density at radius 1 is 1.41 bits per heavy atom. The molecule has 10 heteroatoms. The first-order valence-corrected chi connectivity index (χ1v) is 11.0. The van der Waals surface area contributed by atoms with Crippen LogP contribution in [0.1, 0.15) is 26.7 Å². The van der Waals surface area contributed by atoms with Gasteiger partial charge in [0.2, 0.25) is 10.0 Å². The second-order valence-corrected chi connectivity index (χ2v) is 9.19. The van der Waals surface area contributed by atoms with Crippen LogP contribution in [0.5, 0.6) is 5.75 Å². The minimum Gasteiger partial charge on any atom is -0.484 e. The van der Waals surface area contributed by atoms with E-state index in [1.165, 1.54) is 16.4 Å². The quantitative estimate of drug-likeness (QED) is 0.326. The van der Waals surface area contributed by atoms with Gasteiger partial charge in [0.1, 0.15) is 12.7 Å². The Morgan fingerprint density at radius 2 is 2.07 bits per heavy atom. The van der Waals surface area contributed by atoms with Crippen LogP contribution < -0.4 is 4.74 Å². The molecule has 0 saturated carbocycles. The molecule has 1 atom stereocenters. The maximum atomic E-state index is 12.6. The van der Waals surface area contributed by atoms with Crippen molar-refractivity contribution in [1.29, 1.82) is 0 Å². The van der Waals surface area contributed by atoms with Crippen molar-refractivity contribution in [3.63, 3.8) is 0 Å². The highest BCUT2D eigenvalue weighted by atomic mass is 32.2. The first-order chi connectivity index (χ1) is 13.6. The molecule has 0 spiro atoms. The number of benzene rings is 1. The molecule has 1 fully saturated rings. The molecule has 2 rings (SSSR count). The van der Waals surface area contributed by atoms with Crippen molar-refractivity contribution >= 4 is 15.7 Å². The number of nitro benzene ring substituents is 1. The fourth-order valence-corrected chi connectivity index (χ4v) is 4.76. The lowest BCUT2D eigenvalue weighted by Crippen LogP contribution is -2.36. The molecule has 0 aliphatic carbocycles. The Balaban J connectivity index is 2.11. The Bertz CT molecular complexity index is 836. The number of nitrogens with zero attached hydrogens (tertiary/aromatic N) is 3. The fraction of sp³-hybridized carbons (Fsp3) is 0.579. The molecule has 0 bridgehead atoms. The summed E-state index contributed by atoms with van der Waals surface area (Å²) >= 11 is 0. The van der Waals surface area contributed by atoms with Crippen LogP contribution in [0.3, 0.4) is 0 Å². The highest BCUT2D eigenvalue weighted by Crippen LogP contribution is 2.31. The number of ether oxygens (including phenoxy) is 1. The Morgan fingerprint density at radius 3 is 2.62 bits per heavy atom. The van der Waals surface area contributed by atoms with E-state index in [-0.39, 0.29) is 17.3 Å². The van der Waals surface area contributed by atoms with Crippen molar-refractivity contribution in [3.8, 4) is 5.75 Å². The highest BCUT2D eigenvalue weighted by Gasteiger charge is 2.30. The molecular weight excluding hydrogens is 398 g/mol. The van der Waals surface area contributed by atoms with Crippen LogP contribution in [0.4, 0.5) is 5.69 Å². The standard InChI is InChI=1S/C19H29N3O6S/c1-4-20(12-15(2)3)13-16(23)14-28-19-8-7-17(11-18(19)22(24)25)29(26,27)21-9-5-6-10-21/h7-8,11,16,23H,2,4-6,9-10,12-14H2,1,3H3/t16-/m1/s1. The Labute approximate surface area is 171 Å². The summed E-state index contributed by atoms with van der Waals surface area (Å²) in [6.07, 6.45) is 0.697. The van der Waals surface area contributed by atoms with Crippen molar-refractivity contribution in [1.82, 2.24) is 9.21 Å². The van der Waals surface area contributed by atoms with Crippen molar-refractivity contribution in [2.75, 3.05) is 39.3 Å². The number of sulfonamides is 1. The van der Waals surface area contributed by atoms with Gasteiger partial charge in [-0.3, -0.25) is 15.0 Å². The van der Waals surface area contributed by atoms with Gasteiger partial charge in [-0.2, -0.15) is 4.31 Å². The smallest absolute Gasteiger partial charge is 0.312 e. The highest BCUT2D eigenvalue weighted by molar-refractivity contribution is 7.89. The monoisotopic (exact) mass is 427 g/mol. The van der Waals surface area contributed by atoms with E-state index >= 15 is 0 Å². The zero-order valence-corrected chi connectivity index (χ0v) is 17.7. The SMILES string of the molecule is C=C(C)CN(CC)C[C@@H](O)COc1ccc(S(=O)(=O)N2CCCC2)cc1[N+](=O)[O-]. The molecule has 1 aliphatic rings. The minimum atomic E-state index is -3.76. The van der Waals surface area contributed by atoms with E-state index in [1.807, 2.05) is 18.7 Å². The van der Waals surface area contributed by atoms with E-state index in [0.29, 0.717) is 32.7 Å². The second kappa shape index (κ2) is 10.1. The summed E-state index contributed by atoms with van der Waals surface area (Å²) in [7, 11) is -3.76. The van der Waals surface area contributed by atoms with E-state index in [0.717, 1.165) is 24.5 Å². The van der Waals surface area contributed by atoms with E-state index in [9.17, 15) is 23.6 Å². The molecule has 1 aromatic carbocycles. The van der Waals surface area contributed by atoms with Gasteiger partial charge in [0, 0.05) is 32.2 Å². The molecule has 0 amide bonds. The molecule has 9 nitrogen and oxygen atoms in total. The topological polar surface area (TPSA) is 113 Å². The Hall–Kier alpha value is -2.01. The lowest BCUT2D eigenvalue weighted by molar-refractivity contribution is -0.386. The molecule has 1 heterocycles. The van der Waals surface area contributed by atoms with Crippen LogP contribution in [-0.4, -0.2) is 73.1 Å². The van der Waals surface area contributed by atoms with Crippen molar-refractivity contribution in [2.24, 2.45) is 0 Å². The van der Waals surface area contributed by atoms with Crippen LogP contribution in [-0.2, 0) is 10.0 Å². The molecule has 0 unspecified atom stereocenters. The third kappa shape index (κ3) is 6.23. The lowest BCUT2D eigenvalue weighted by Gasteiger charge is -2.23. The average Bonchev–Trinajstić information content (AvgIpc) is 3.20. The molecule has 162 valence electrons. The third-order valence-electron chi connectivity index (χ3n) is 4.67. The van der Waals surface area contributed by atoms with Crippen LogP contribution in [0.25, 0.3) is 0 Å². The molecule has 0 radical (unpaired) electrons. The number of aliphatic hydroxyl groups excluding tert-OH is 1. The molecule has 1 N–H and O–H groups in total. The van der Waals surface area contributed by atoms with Crippen LogP contribution in [0.15, 0.2) is 35.2 Å². The third-order valence-corrected chi connectivity index (χ3v) is 6.57. The van der Waals surface area contributed by atoms with Gasteiger partial charge < -0.3 is 9.84 Å². The second-order valence-electron chi connectivity index (χ2n) is 7.25. The minimum absolute atomic E-state index is 0.0719. The zero-order valence-electron chi connectivity index (χ0n) is 16.9. The van der Waals surface area contributed by atoms with E-state index < -0.39 is 26.7 Å². The number of hydrogen-bond acceptors (Lipinski definition) is 7. The maximum absolute atomic E-state index is 12.6. The summed E-state index contributed by atoms with van der Waals surface area (Å²) in [6.45, 7) is 10.1. The predicted octanol–water partition coefficient (Wildman–Crippen LogP) is 2.02. The summed E-state index contributed by atoms with van der Waals surface area (Å²) in [5.41, 5.74) is 0.525. The first-order valence-electron chi connectivity index (χ1n) is 9.61. The van der Waals surface area contributed by atoms with Crippen molar-refractivity contribution in [2.45, 2.75) is 37.7 Å². The summed E-state index contributed by atoms with van der Waals surface area (Å²) in [4.78, 5) is 12.6. The molecule has 1 aromatic rings. The zero-order chi connectivity index (χ0) is 21.6. The number of hydrogen-bond donors (Lipinski definition) is 1. The summed E-state index contributed by atoms with van der Waals surface area (Å²) < 4.78 is 32.1. The average molecular weight is 428 g/mol. The van der Waals surface area contributed by atoms with Gasteiger partial charge >= 0.3 is 5.69 Å². The molecule has 1 saturated heterocycles. The van der Waals surface area contributed by atoms with Gasteiger partial charge in [0.25, 0.3) is 0 Å². The molecule has 29 heavy (non-hydrogen) atoms. The molecule has 1 aliphatic heterocycles. The lowest BCUT2D eigenvalue weighted by atomic mass is 10.2. The van der Waals surface area contributed by atoms with E-state index in [4.69, 9.17) is 4.74 Å². The number of likely N-dealkylation sites (N-methyl/N-ethyl adjacent to an activating group) is 1. The maximum Gasteiger partial charge on any atom is 0.312 e. The summed E-state index contributed by atoms with van der Waals surface area (Å²) in [5, 5.41) is 21.7. The summed E-state index contributed by atoms with van der Waals surface area (Å²) in [6, 6.07) is 3.61. The van der Waals surface area contributed by atoms with Gasteiger partial charge in [-0.05, 0) is 38.4 Å². The van der Waals surface area contributed by atoms with Crippen molar-refractivity contribution in [3.05, 3.63) is 40.5 Å². The summed E-state index contributed by atoms with van der Waals surface area (Å²) in [5.74, 6) is -0.0719. The van der Waals surface area contributed by atoms with Crippen molar-refractivity contribution < 1.29 is 23.2 Å². The van der Waals surface area contributed by atoms with Gasteiger partial charge in [0.15, 0.2) is 5.75 Å². The predicted molar refractivity (Wildman–Crippen MR) is 110 cm³/mol. The number of nitro groups is 1. The fourth-order valence-electron chi connectivity index (χ4n) is 3.22. The van der Waals surface area contributed by atoms with E-state index in [1.54, 1.807) is 0 Å². The van der Waals surface area contributed by atoms with Crippen LogP contribution >= 0.6 is 0 Å². The van der Waals surface area contributed by atoms with Gasteiger partial charge in [-0.1, -0.05) is 19.1 Å². The van der Waals surface area contributed by atoms with Crippen LogP contribution in [0.2, 0.25) is 0 Å². The van der Waals surface area contributed by atoms with E-state index in [2.05, 4.69) is 6.58 Å². The largest absolute Gasteiger partial charge is 0.484 e. The van der Waals surface area contributed by atoms with Gasteiger partial charge in [-0.25, -0.2) is 8.42 Å². The first kappa shape index (κ1) is 23.3. The van der Waals surface area contributed by atoms with Gasteiger partial charge in [0.05, 0.1) is 9.82 Å². The Kier molecular flexibility index (Phi) is 8.14. The number of rotatable bonds is 11. The van der Waals surface area contributed by atoms with Gasteiger partial charge in [-0.15, -0.1) is 0 Å². The number of aliphatic hydroxyl groups is 1. The van der Waals surface area contributed by atoms with Crippen LogP contribution in [0, 0.1) is 10.1 Å². The molecule has 0 aromatic heterocycles. The normalized spacial score (nSPS) is 16.1.